The van der Waals surface area contributed by atoms with E-state index in [9.17, 15) is 13.2 Å². The van der Waals surface area contributed by atoms with Crippen molar-refractivity contribution in [1.82, 2.24) is 20.2 Å². The summed E-state index contributed by atoms with van der Waals surface area (Å²) in [6.07, 6.45) is 1.47. The first-order valence-corrected chi connectivity index (χ1v) is 8.04. The van der Waals surface area contributed by atoms with Crippen LogP contribution in [0.25, 0.3) is 6.08 Å². The topological polar surface area (TPSA) is 107 Å². The van der Waals surface area contributed by atoms with Crippen LogP contribution in [0.2, 0.25) is 0 Å². The molecule has 1 amide bonds. The number of nitrogens with one attached hydrogen (secondary N) is 1. The number of benzene rings is 1. The maximum absolute atomic E-state index is 12.4. The van der Waals surface area contributed by atoms with Crippen LogP contribution in [0.5, 0.6) is 0 Å². The number of aromatic nitrogens is 4. The number of hydrogen-bond acceptors (Lipinski definition) is 6. The molecule has 23 heavy (non-hydrogen) atoms. The number of sulfone groups is 1. The van der Waals surface area contributed by atoms with E-state index in [1.165, 1.54) is 16.8 Å². The first-order chi connectivity index (χ1) is 10.4. The number of amides is 1. The second kappa shape index (κ2) is 6.33. The smallest absolute Gasteiger partial charge is 0.249 e. The van der Waals surface area contributed by atoms with Gasteiger partial charge < -0.3 is 0 Å². The molecule has 1 aliphatic rings. The Morgan fingerprint density at radius 3 is 2.87 bits per heavy atom. The summed E-state index contributed by atoms with van der Waals surface area (Å²) < 4.78 is 25.4. The fourth-order valence-corrected chi connectivity index (χ4v) is 3.70. The van der Waals surface area contributed by atoms with Crippen molar-refractivity contribution in [2.75, 3.05) is 5.32 Å². The summed E-state index contributed by atoms with van der Waals surface area (Å²) in [6, 6.07) is 4.28. The van der Waals surface area contributed by atoms with Gasteiger partial charge in [0.15, 0.2) is 9.84 Å². The molecule has 0 saturated heterocycles. The Morgan fingerprint density at radius 1 is 1.43 bits per heavy atom. The first-order valence-electron chi connectivity index (χ1n) is 6.50. The van der Waals surface area contributed by atoms with E-state index < -0.39 is 15.7 Å². The van der Waals surface area contributed by atoms with Gasteiger partial charge >= 0.3 is 0 Å². The van der Waals surface area contributed by atoms with Crippen molar-refractivity contribution < 1.29 is 34.3 Å². The van der Waals surface area contributed by atoms with E-state index in [0.717, 1.165) is 5.41 Å². The summed E-state index contributed by atoms with van der Waals surface area (Å²) >= 11 is 0. The summed E-state index contributed by atoms with van der Waals surface area (Å²) in [5.41, 5.74) is 1.07. The Bertz CT molecular complexity index is 904. The van der Waals surface area contributed by atoms with E-state index in [1.54, 1.807) is 6.92 Å². The van der Waals surface area contributed by atoms with Gasteiger partial charge in [0.1, 0.15) is 0 Å². The number of nitrogens with zero attached hydrogens (tertiary/aromatic N) is 4. The monoisotopic (exact) mass is 502 g/mol. The van der Waals surface area contributed by atoms with E-state index in [1.807, 2.05) is 6.92 Å². The number of carbonyl (C=O) groups excluding carboxylic acids is 1. The molecule has 1 aromatic carbocycles. The third-order valence-electron chi connectivity index (χ3n) is 3.36. The van der Waals surface area contributed by atoms with Crippen molar-refractivity contribution in [2.24, 2.45) is 0 Å². The van der Waals surface area contributed by atoms with Crippen LogP contribution >= 0.6 is 0 Å². The average molecular weight is 502 g/mol. The van der Waals surface area contributed by atoms with E-state index in [4.69, 9.17) is 0 Å². The minimum absolute atomic E-state index is 0. The Labute approximate surface area is 147 Å². The van der Waals surface area contributed by atoms with Crippen molar-refractivity contribution >= 4 is 27.8 Å². The summed E-state index contributed by atoms with van der Waals surface area (Å²) in [7, 11) is -3.50. The van der Waals surface area contributed by atoms with Gasteiger partial charge in [-0.25, -0.2) is 13.1 Å². The van der Waals surface area contributed by atoms with Gasteiger partial charge in [-0.2, -0.15) is 0 Å². The number of fused-ring (bicyclic) bond motifs is 1. The number of tetrazole rings is 1. The molecule has 0 unspecified atom stereocenters. The summed E-state index contributed by atoms with van der Waals surface area (Å²) in [5, 5.41) is 14.6. The van der Waals surface area contributed by atoms with Crippen LogP contribution < -0.4 is 5.32 Å². The van der Waals surface area contributed by atoms with E-state index in [2.05, 4.69) is 26.9 Å². The van der Waals surface area contributed by atoms with Crippen LogP contribution in [0.1, 0.15) is 28.4 Å². The maximum Gasteiger partial charge on any atom is 0.249 e. The second-order valence-corrected chi connectivity index (χ2v) is 6.46. The Morgan fingerprint density at radius 2 is 2.17 bits per heavy atom. The van der Waals surface area contributed by atoms with Crippen LogP contribution in [0.15, 0.2) is 16.4 Å². The van der Waals surface area contributed by atoms with Crippen molar-refractivity contribution in [3.05, 3.63) is 34.2 Å². The third-order valence-corrected chi connectivity index (χ3v) is 4.95. The molecule has 1 aliphatic heterocycles. The standard InChI is InChI=1S/C13H12N5O3S.W/c1-3-18-13(15-16-17-18)14-12(19)10-5-4-9-6-7-22(20,21)11(9)8(10)2;/h5-7H,3H2,1-2H3,(H,14,15,17,19);/q-1;. The zero-order valence-corrected chi connectivity index (χ0v) is 16.0. The largest absolute Gasteiger partial charge is 0.297 e. The second-order valence-electron chi connectivity index (χ2n) is 4.69. The van der Waals surface area contributed by atoms with Gasteiger partial charge in [-0.3, -0.25) is 10.1 Å². The molecule has 1 N–H and O–H groups in total. The molecule has 0 aliphatic carbocycles. The van der Waals surface area contributed by atoms with Crippen LogP contribution in [0.3, 0.4) is 0 Å². The Kier molecular flexibility index (Phi) is 4.81. The Balaban J connectivity index is 0.00000192. The number of hydrogen-bond donors (Lipinski definition) is 1. The molecule has 2 aromatic rings. The van der Waals surface area contributed by atoms with Gasteiger partial charge in [0.05, 0.1) is 0 Å². The van der Waals surface area contributed by atoms with E-state index in [-0.39, 0.29) is 37.5 Å². The van der Waals surface area contributed by atoms with Gasteiger partial charge in [0.2, 0.25) is 11.9 Å². The molecule has 10 heteroatoms. The molecular formula is C13H12N5O3SW-. The van der Waals surface area contributed by atoms with Gasteiger partial charge in [-0.1, -0.05) is 12.0 Å². The summed E-state index contributed by atoms with van der Waals surface area (Å²) in [4.78, 5) is 12.5. The van der Waals surface area contributed by atoms with Gasteiger partial charge in [-0.15, -0.1) is 29.3 Å². The van der Waals surface area contributed by atoms with Crippen molar-refractivity contribution in [3.8, 4) is 0 Å². The van der Waals surface area contributed by atoms with E-state index in [0.29, 0.717) is 17.7 Å². The molecule has 1 aromatic heterocycles. The average Bonchev–Trinajstić information content (AvgIpc) is 3.03. The molecule has 0 radical (unpaired) electrons. The number of aryl methyl sites for hydroxylation is 1. The molecule has 0 fully saturated rings. The van der Waals surface area contributed by atoms with Gasteiger partial charge in [0, 0.05) is 27.6 Å². The van der Waals surface area contributed by atoms with Crippen LogP contribution in [-0.2, 0) is 37.4 Å². The number of rotatable bonds is 3. The number of anilines is 1. The van der Waals surface area contributed by atoms with Crippen molar-refractivity contribution in [2.45, 2.75) is 25.3 Å². The molecular weight excluding hydrogens is 490 g/mol. The van der Waals surface area contributed by atoms with Gasteiger partial charge in [0.25, 0.3) is 0 Å². The number of carbonyl (C=O) groups is 1. The minimum Gasteiger partial charge on any atom is -0.297 e. The normalized spacial score (nSPS) is 14.2. The molecule has 2 heterocycles. The predicted octanol–water partition coefficient (Wildman–Crippen LogP) is 0.809. The minimum atomic E-state index is -3.50. The zero-order chi connectivity index (χ0) is 15.9. The Hall–Kier alpha value is -1.86. The quantitative estimate of drug-likeness (QED) is 0.623. The molecule has 0 spiro atoms. The summed E-state index contributed by atoms with van der Waals surface area (Å²) in [6.45, 7) is 3.92. The molecule has 3 rings (SSSR count). The maximum atomic E-state index is 12.4. The molecule has 0 saturated carbocycles. The van der Waals surface area contributed by atoms with Crippen molar-refractivity contribution in [3.63, 3.8) is 0 Å². The zero-order valence-electron chi connectivity index (χ0n) is 12.3. The van der Waals surface area contributed by atoms with Crippen LogP contribution in [0.4, 0.5) is 5.95 Å². The predicted molar refractivity (Wildman–Crippen MR) is 77.7 cm³/mol. The molecule has 0 bridgehead atoms. The molecule has 0 atom stereocenters. The van der Waals surface area contributed by atoms with Gasteiger partial charge in [-0.05, 0) is 33.2 Å². The SMILES string of the molecule is CCn1nnnc1NC(=O)c1c[c-]c2c(c1C)S(=O)(=O)C=C2.[W]. The molecule has 120 valence electrons. The summed E-state index contributed by atoms with van der Waals surface area (Å²) in [5.74, 6) is -0.281. The fraction of sp³-hybridized carbons (Fsp3) is 0.231. The van der Waals surface area contributed by atoms with Crippen molar-refractivity contribution in [1.29, 1.82) is 0 Å². The van der Waals surface area contributed by atoms with E-state index >= 15 is 0 Å². The first kappa shape index (κ1) is 17.5. The van der Waals surface area contributed by atoms with Crippen LogP contribution in [0, 0.1) is 13.0 Å². The molecule has 8 nitrogen and oxygen atoms in total. The third kappa shape index (κ3) is 2.98. The van der Waals surface area contributed by atoms with Crippen LogP contribution in [-0.4, -0.2) is 34.5 Å². The fourth-order valence-electron chi connectivity index (χ4n) is 2.28.